The molecule has 1 saturated carbocycles. The Morgan fingerprint density at radius 1 is 0.754 bits per heavy atom. The van der Waals surface area contributed by atoms with Gasteiger partial charge >= 0.3 is 0 Å². The Morgan fingerprint density at radius 2 is 1.35 bits per heavy atom. The van der Waals surface area contributed by atoms with Crippen LogP contribution < -0.4 is 54.4 Å². The summed E-state index contributed by atoms with van der Waals surface area (Å²) in [4.78, 5) is 160. The van der Waals surface area contributed by atoms with Crippen molar-refractivity contribution in [3.05, 3.63) is 29.8 Å². The van der Waals surface area contributed by atoms with Crippen molar-refractivity contribution in [1.29, 1.82) is 0 Å². The molecule has 3 rings (SSSR count). The molecule has 2 aliphatic rings. The fourth-order valence-corrected chi connectivity index (χ4v) is 7.99. The van der Waals surface area contributed by atoms with Gasteiger partial charge in [0.25, 0.3) is 0 Å². The van der Waals surface area contributed by atoms with E-state index >= 15 is 0 Å². The smallest absolute Gasteiger partial charge is 0.245 e. The van der Waals surface area contributed by atoms with Crippen molar-refractivity contribution in [3.63, 3.8) is 0 Å². The van der Waals surface area contributed by atoms with Crippen LogP contribution in [0.5, 0.6) is 5.75 Å². The van der Waals surface area contributed by atoms with Crippen LogP contribution in [0, 0.1) is 5.92 Å². The van der Waals surface area contributed by atoms with Crippen molar-refractivity contribution in [2.45, 2.75) is 146 Å². The third kappa shape index (κ3) is 18.5. The molecule has 0 bridgehead atoms. The fourth-order valence-electron chi connectivity index (χ4n) is 7.99. The molecule has 0 aromatic heterocycles. The molecule has 1 aliphatic heterocycles. The Balaban J connectivity index is 1.98. The molecule has 2 fully saturated rings. The molecule has 1 unspecified atom stereocenters. The van der Waals surface area contributed by atoms with Gasteiger partial charge in [-0.15, -0.1) is 0 Å². The van der Waals surface area contributed by atoms with Crippen LogP contribution in [0.1, 0.15) is 109 Å². The Morgan fingerprint density at radius 3 is 1.96 bits per heavy atom. The van der Waals surface area contributed by atoms with E-state index in [1.807, 2.05) is 0 Å². The van der Waals surface area contributed by atoms with E-state index in [-0.39, 0.29) is 30.8 Å². The van der Waals surface area contributed by atoms with Crippen LogP contribution in [-0.2, 0) is 64.0 Å². The van der Waals surface area contributed by atoms with E-state index in [4.69, 9.17) is 17.2 Å². The van der Waals surface area contributed by atoms with E-state index in [2.05, 4.69) is 37.2 Å². The number of nitrogens with two attached hydrogens (primary N) is 3. The van der Waals surface area contributed by atoms with Gasteiger partial charge < -0.3 is 64.4 Å². The second kappa shape index (κ2) is 27.0. The summed E-state index contributed by atoms with van der Waals surface area (Å²) in [5, 5.41) is 27.4. The van der Waals surface area contributed by atoms with Gasteiger partial charge in [0.1, 0.15) is 36.0 Å². The van der Waals surface area contributed by atoms with Crippen molar-refractivity contribution in [3.8, 4) is 5.75 Å². The third-order valence-electron chi connectivity index (χ3n) is 12.1. The molecular formula is C45H67N11O13. The summed E-state index contributed by atoms with van der Waals surface area (Å²) < 4.78 is 0. The number of benzene rings is 1. The maximum absolute atomic E-state index is 14.1. The lowest BCUT2D eigenvalue weighted by Gasteiger charge is -2.31. The standard InChI is InChI=1S/C45H67N11O13/c1-4-25(2)39-43(68)51-28(15-17-34(47)60)40(65)53-31(22-35(48)61)41(66)52-29(16-18-36(62)49-23-37(63)50-30(42(67)54-39)21-26-11-13-27(57)14-12-26)44(69)56(3)24-38(64)55-45(19-7-8-20-45)32(58)9-5-6-10-33(46)59/h11-14,25,28-31,39,57H,4-10,15-24H2,1-3H3,(H2,46,59)(H2,47,60)(H2,48,61)(H,49,62)(H,50,63)(H,51,68)(H,52,66)(H,53,65)(H,54,67)(H,55,64)/t25-,28?,29-,30-,31-,39-/m0/s1. The Kier molecular flexibility index (Phi) is 22.0. The minimum atomic E-state index is -1.81. The molecule has 1 heterocycles. The van der Waals surface area contributed by atoms with Crippen molar-refractivity contribution in [2.24, 2.45) is 23.1 Å². The van der Waals surface area contributed by atoms with Gasteiger partial charge in [0.05, 0.1) is 25.0 Å². The summed E-state index contributed by atoms with van der Waals surface area (Å²) >= 11 is 0. The monoisotopic (exact) mass is 969 g/mol. The first-order chi connectivity index (χ1) is 32.5. The predicted molar refractivity (Wildman–Crippen MR) is 245 cm³/mol. The highest BCUT2D eigenvalue weighted by atomic mass is 16.3. The lowest BCUT2D eigenvalue weighted by molar-refractivity contribution is -0.140. The number of carbonyl (C=O) groups is 12. The van der Waals surface area contributed by atoms with Crippen molar-refractivity contribution in [1.82, 2.24) is 42.1 Å². The minimum absolute atomic E-state index is 0.0659. The topological polar surface area (TPSA) is 391 Å². The maximum atomic E-state index is 14.1. The summed E-state index contributed by atoms with van der Waals surface area (Å²) in [6.07, 6.45) is 0.429. The molecule has 24 nitrogen and oxygen atoms in total. The van der Waals surface area contributed by atoms with Crippen molar-refractivity contribution >= 4 is 70.8 Å². The highest BCUT2D eigenvalue weighted by Crippen LogP contribution is 2.32. The SMILES string of the molecule is CC[C@H](C)[C@@H]1NC(=O)[C@H](Cc2ccc(O)cc2)NC(=O)CNC(=O)CC[C@@H](C(=O)N(C)CC(=O)NC2(C(=O)CCCCC(N)=O)CCCC2)NC(=O)[C@H](CC(N)=O)NC(=O)C(CCC(N)=O)NC1=O. The van der Waals surface area contributed by atoms with Crippen LogP contribution in [0.25, 0.3) is 0 Å². The molecular weight excluding hydrogens is 903 g/mol. The number of amides is 11. The summed E-state index contributed by atoms with van der Waals surface area (Å²) in [5.74, 6) is -10.6. The molecule has 1 aliphatic carbocycles. The number of phenolic OH excluding ortho intramolecular Hbond substituents is 1. The Labute approximate surface area is 399 Å². The molecule has 0 spiro atoms. The first-order valence-corrected chi connectivity index (χ1v) is 23.0. The van der Waals surface area contributed by atoms with E-state index in [1.54, 1.807) is 13.8 Å². The minimum Gasteiger partial charge on any atom is -0.508 e. The average Bonchev–Trinajstić information content (AvgIpc) is 3.77. The van der Waals surface area contributed by atoms with Crippen molar-refractivity contribution < 1.29 is 62.6 Å². The quantitative estimate of drug-likeness (QED) is 0.0615. The lowest BCUT2D eigenvalue weighted by atomic mass is 9.88. The zero-order valence-electron chi connectivity index (χ0n) is 39.3. The van der Waals surface area contributed by atoms with Crippen LogP contribution in [-0.4, -0.2) is 137 Å². The number of nitrogens with zero attached hydrogens (tertiary/aromatic N) is 1. The van der Waals surface area contributed by atoms with Crippen LogP contribution >= 0.6 is 0 Å². The average molecular weight is 970 g/mol. The fraction of sp³-hybridized carbons (Fsp3) is 0.600. The number of ketones is 1. The first-order valence-electron chi connectivity index (χ1n) is 23.0. The number of likely N-dealkylation sites (N-methyl/N-ethyl adjacent to an activating group) is 1. The van der Waals surface area contributed by atoms with Gasteiger partial charge in [-0.25, -0.2) is 0 Å². The van der Waals surface area contributed by atoms with Crippen molar-refractivity contribution in [2.75, 3.05) is 20.1 Å². The first kappa shape index (κ1) is 56.2. The number of aromatic hydroxyl groups is 1. The molecule has 14 N–H and O–H groups in total. The Bertz CT molecular complexity index is 2080. The molecule has 24 heteroatoms. The molecule has 1 saturated heterocycles. The van der Waals surface area contributed by atoms with E-state index in [1.165, 1.54) is 31.3 Å². The van der Waals surface area contributed by atoms with Crippen LogP contribution in [0.4, 0.5) is 0 Å². The lowest BCUT2D eigenvalue weighted by Crippen LogP contribution is -2.61. The molecule has 1 aromatic rings. The highest BCUT2D eigenvalue weighted by molar-refractivity contribution is 5.99. The molecule has 6 atom stereocenters. The summed E-state index contributed by atoms with van der Waals surface area (Å²) in [7, 11) is 1.23. The number of hydrogen-bond donors (Lipinski definition) is 11. The normalized spacial score (nSPS) is 22.2. The van der Waals surface area contributed by atoms with Gasteiger partial charge in [0, 0.05) is 39.2 Å². The molecule has 11 amide bonds. The highest BCUT2D eigenvalue weighted by Gasteiger charge is 2.42. The largest absolute Gasteiger partial charge is 0.508 e. The number of nitrogens with one attached hydrogen (secondary N) is 7. The molecule has 1 aromatic carbocycles. The number of rotatable bonds is 19. The predicted octanol–water partition coefficient (Wildman–Crippen LogP) is -3.04. The zero-order chi connectivity index (χ0) is 51.4. The van der Waals surface area contributed by atoms with Gasteiger partial charge in [-0.05, 0) is 62.1 Å². The number of carbonyl (C=O) groups excluding carboxylic acids is 12. The van der Waals surface area contributed by atoms with Gasteiger partial charge in [-0.1, -0.05) is 45.2 Å². The van der Waals surface area contributed by atoms with Crippen LogP contribution in [0.3, 0.4) is 0 Å². The van der Waals surface area contributed by atoms with Crippen LogP contribution in [0.2, 0.25) is 0 Å². The van der Waals surface area contributed by atoms with Gasteiger partial charge in [0.2, 0.25) is 65.0 Å². The second-order valence-corrected chi connectivity index (χ2v) is 17.7. The second-order valence-electron chi connectivity index (χ2n) is 17.7. The van der Waals surface area contributed by atoms with E-state index in [0.717, 1.165) is 4.90 Å². The van der Waals surface area contributed by atoms with Gasteiger partial charge in [-0.3, -0.25) is 57.5 Å². The molecule has 69 heavy (non-hydrogen) atoms. The molecule has 0 radical (unpaired) electrons. The third-order valence-corrected chi connectivity index (χ3v) is 12.1. The maximum Gasteiger partial charge on any atom is 0.245 e. The van der Waals surface area contributed by atoms with Gasteiger partial charge in [0.15, 0.2) is 5.78 Å². The van der Waals surface area contributed by atoms with E-state index < -0.39 is 152 Å². The van der Waals surface area contributed by atoms with Crippen LogP contribution in [0.15, 0.2) is 24.3 Å². The summed E-state index contributed by atoms with van der Waals surface area (Å²) in [6, 6.07) is -2.00. The number of hydrogen-bond acceptors (Lipinski definition) is 13. The molecule has 380 valence electrons. The van der Waals surface area contributed by atoms with Gasteiger partial charge in [-0.2, -0.15) is 0 Å². The summed E-state index contributed by atoms with van der Waals surface area (Å²) in [5.41, 5.74) is 15.3. The Hall–Kier alpha value is -7.14. The number of unbranched alkanes of at least 4 members (excludes halogenated alkanes) is 1. The number of primary amides is 3. The van der Waals surface area contributed by atoms with E-state index in [0.29, 0.717) is 50.5 Å². The van der Waals surface area contributed by atoms with E-state index in [9.17, 15) is 62.6 Å². The summed E-state index contributed by atoms with van der Waals surface area (Å²) in [6.45, 7) is 2.07. The number of phenols is 1. The zero-order valence-corrected chi connectivity index (χ0v) is 39.3. The number of Topliss-reactive ketones (excluding diaryl/α,β-unsaturated/α-hetero) is 1.